The fourth-order valence-electron chi connectivity index (χ4n) is 1.13. The third-order valence-electron chi connectivity index (χ3n) is 1.98. The number of amides is 2. The van der Waals surface area contributed by atoms with Gasteiger partial charge in [0.15, 0.2) is 0 Å². The van der Waals surface area contributed by atoms with Gasteiger partial charge in [-0.25, -0.2) is 4.79 Å². The van der Waals surface area contributed by atoms with Gasteiger partial charge in [0.05, 0.1) is 6.54 Å². The van der Waals surface area contributed by atoms with Crippen LogP contribution in [0.1, 0.15) is 22.2 Å². The van der Waals surface area contributed by atoms with Gasteiger partial charge in [-0.15, -0.1) is 11.3 Å². The molecule has 4 heteroatoms. The quantitative estimate of drug-likeness (QED) is 0.792. The normalized spacial score (nSPS) is 9.93. The van der Waals surface area contributed by atoms with Crippen LogP contribution in [0.2, 0.25) is 0 Å². The van der Waals surface area contributed by atoms with Gasteiger partial charge in [0.1, 0.15) is 0 Å². The Balaban J connectivity index is 2.42. The van der Waals surface area contributed by atoms with Gasteiger partial charge in [-0.05, 0) is 32.4 Å². The number of rotatable bonds is 3. The molecule has 14 heavy (non-hydrogen) atoms. The molecule has 1 aromatic heterocycles. The number of carbonyl (C=O) groups excluding carboxylic acids is 1. The Kier molecular flexibility index (Phi) is 3.95. The molecule has 0 fully saturated rings. The Morgan fingerprint density at radius 2 is 2.14 bits per heavy atom. The van der Waals surface area contributed by atoms with E-state index in [0.717, 1.165) is 0 Å². The van der Waals surface area contributed by atoms with E-state index in [0.29, 0.717) is 13.1 Å². The maximum Gasteiger partial charge on any atom is 0.315 e. The third-order valence-corrected chi connectivity index (χ3v) is 3.13. The van der Waals surface area contributed by atoms with Gasteiger partial charge in [0.25, 0.3) is 0 Å². The first-order valence-electron chi connectivity index (χ1n) is 4.71. The van der Waals surface area contributed by atoms with Gasteiger partial charge in [0.2, 0.25) is 0 Å². The molecule has 0 radical (unpaired) electrons. The van der Waals surface area contributed by atoms with Crippen molar-refractivity contribution >= 4 is 17.4 Å². The molecule has 0 aliphatic heterocycles. The molecule has 0 spiro atoms. The topological polar surface area (TPSA) is 41.1 Å². The molecule has 0 saturated heterocycles. The number of carbonyl (C=O) groups is 1. The summed E-state index contributed by atoms with van der Waals surface area (Å²) in [5.41, 5.74) is 1.29. The van der Waals surface area contributed by atoms with Crippen molar-refractivity contribution in [1.82, 2.24) is 10.6 Å². The minimum absolute atomic E-state index is 0.101. The van der Waals surface area contributed by atoms with Crippen molar-refractivity contribution in [1.29, 1.82) is 0 Å². The Bertz CT molecular complexity index is 300. The molecule has 0 aliphatic rings. The predicted octanol–water partition coefficient (Wildman–Crippen LogP) is 2.18. The second-order valence-corrected chi connectivity index (χ2v) is 4.51. The highest BCUT2D eigenvalue weighted by Gasteiger charge is 2.02. The summed E-state index contributed by atoms with van der Waals surface area (Å²) < 4.78 is 0. The number of aryl methyl sites for hydroxylation is 2. The molecule has 1 rings (SSSR count). The van der Waals surface area contributed by atoms with Crippen molar-refractivity contribution in [2.24, 2.45) is 0 Å². The lowest BCUT2D eigenvalue weighted by molar-refractivity contribution is 0.241. The van der Waals surface area contributed by atoms with E-state index in [1.165, 1.54) is 15.3 Å². The molecular formula is C10H16N2OS. The van der Waals surface area contributed by atoms with E-state index in [2.05, 4.69) is 30.5 Å². The van der Waals surface area contributed by atoms with Gasteiger partial charge in [-0.1, -0.05) is 0 Å². The predicted molar refractivity (Wildman–Crippen MR) is 59.7 cm³/mol. The largest absolute Gasteiger partial charge is 0.338 e. The number of hydrogen-bond acceptors (Lipinski definition) is 2. The second-order valence-electron chi connectivity index (χ2n) is 3.16. The highest BCUT2D eigenvalue weighted by Crippen LogP contribution is 2.19. The van der Waals surface area contributed by atoms with Crippen molar-refractivity contribution in [3.05, 3.63) is 21.4 Å². The monoisotopic (exact) mass is 212 g/mol. The van der Waals surface area contributed by atoms with Crippen LogP contribution in [0.3, 0.4) is 0 Å². The molecular weight excluding hydrogens is 196 g/mol. The van der Waals surface area contributed by atoms with Crippen LogP contribution in [-0.4, -0.2) is 12.6 Å². The molecule has 0 unspecified atom stereocenters. The lowest BCUT2D eigenvalue weighted by Gasteiger charge is -2.03. The van der Waals surface area contributed by atoms with E-state index >= 15 is 0 Å². The first kappa shape index (κ1) is 11.0. The average Bonchev–Trinajstić information content (AvgIpc) is 2.44. The van der Waals surface area contributed by atoms with E-state index in [9.17, 15) is 4.79 Å². The van der Waals surface area contributed by atoms with E-state index in [1.54, 1.807) is 11.3 Å². The SMILES string of the molecule is CCNC(=O)NCc1cc(C)c(C)s1. The number of thiophene rings is 1. The maximum atomic E-state index is 11.1. The Morgan fingerprint density at radius 3 is 2.64 bits per heavy atom. The van der Waals surface area contributed by atoms with Crippen LogP contribution in [-0.2, 0) is 6.54 Å². The molecule has 2 amide bonds. The molecule has 0 saturated carbocycles. The Morgan fingerprint density at radius 1 is 1.43 bits per heavy atom. The van der Waals surface area contributed by atoms with Gasteiger partial charge in [-0.3, -0.25) is 0 Å². The zero-order valence-electron chi connectivity index (χ0n) is 8.81. The molecule has 0 atom stereocenters. The van der Waals surface area contributed by atoms with Crippen LogP contribution in [0, 0.1) is 13.8 Å². The van der Waals surface area contributed by atoms with Crippen molar-refractivity contribution < 1.29 is 4.79 Å². The number of nitrogens with one attached hydrogen (secondary N) is 2. The van der Waals surface area contributed by atoms with Gasteiger partial charge >= 0.3 is 6.03 Å². The first-order chi connectivity index (χ1) is 6.63. The van der Waals surface area contributed by atoms with E-state index in [1.807, 2.05) is 6.92 Å². The van der Waals surface area contributed by atoms with E-state index in [4.69, 9.17) is 0 Å². The van der Waals surface area contributed by atoms with Gasteiger partial charge in [0, 0.05) is 16.3 Å². The van der Waals surface area contributed by atoms with E-state index < -0.39 is 0 Å². The fraction of sp³-hybridized carbons (Fsp3) is 0.500. The van der Waals surface area contributed by atoms with E-state index in [-0.39, 0.29) is 6.03 Å². The molecule has 2 N–H and O–H groups in total. The molecule has 0 aliphatic carbocycles. The van der Waals surface area contributed by atoms with Crippen molar-refractivity contribution in [3.63, 3.8) is 0 Å². The van der Waals surface area contributed by atoms with Gasteiger partial charge in [-0.2, -0.15) is 0 Å². The average molecular weight is 212 g/mol. The summed E-state index contributed by atoms with van der Waals surface area (Å²) in [6.07, 6.45) is 0. The maximum absolute atomic E-state index is 11.1. The summed E-state index contributed by atoms with van der Waals surface area (Å²) in [5, 5.41) is 5.49. The summed E-state index contributed by atoms with van der Waals surface area (Å²) in [6, 6.07) is 2.02. The van der Waals surface area contributed by atoms with Crippen molar-refractivity contribution in [2.75, 3.05) is 6.54 Å². The third kappa shape index (κ3) is 3.03. The molecule has 3 nitrogen and oxygen atoms in total. The number of hydrogen-bond donors (Lipinski definition) is 2. The highest BCUT2D eigenvalue weighted by atomic mass is 32.1. The molecule has 0 bridgehead atoms. The van der Waals surface area contributed by atoms with Crippen LogP contribution in [0.15, 0.2) is 6.07 Å². The highest BCUT2D eigenvalue weighted by molar-refractivity contribution is 7.12. The summed E-state index contributed by atoms with van der Waals surface area (Å²) in [6.45, 7) is 7.36. The molecule has 0 aromatic carbocycles. The molecule has 1 aromatic rings. The smallest absolute Gasteiger partial charge is 0.315 e. The zero-order chi connectivity index (χ0) is 10.6. The summed E-state index contributed by atoms with van der Waals surface area (Å²) in [7, 11) is 0. The lowest BCUT2D eigenvalue weighted by atomic mass is 10.3. The number of urea groups is 1. The van der Waals surface area contributed by atoms with Crippen LogP contribution < -0.4 is 10.6 Å². The van der Waals surface area contributed by atoms with Crippen LogP contribution >= 0.6 is 11.3 Å². The second kappa shape index (κ2) is 5.00. The Hall–Kier alpha value is -1.03. The van der Waals surface area contributed by atoms with Crippen molar-refractivity contribution in [3.8, 4) is 0 Å². The molecule has 1 heterocycles. The lowest BCUT2D eigenvalue weighted by Crippen LogP contribution is -2.34. The fourth-order valence-corrected chi connectivity index (χ4v) is 2.12. The summed E-state index contributed by atoms with van der Waals surface area (Å²) >= 11 is 1.73. The zero-order valence-corrected chi connectivity index (χ0v) is 9.62. The summed E-state index contributed by atoms with van der Waals surface area (Å²) in [5.74, 6) is 0. The van der Waals surface area contributed by atoms with Crippen molar-refractivity contribution in [2.45, 2.75) is 27.3 Å². The minimum Gasteiger partial charge on any atom is -0.338 e. The van der Waals surface area contributed by atoms with Crippen LogP contribution in [0.25, 0.3) is 0 Å². The Labute approximate surface area is 88.5 Å². The van der Waals surface area contributed by atoms with Crippen LogP contribution in [0.5, 0.6) is 0 Å². The molecule has 78 valence electrons. The van der Waals surface area contributed by atoms with Gasteiger partial charge < -0.3 is 10.6 Å². The summed E-state index contributed by atoms with van der Waals surface area (Å²) in [4.78, 5) is 13.6. The van der Waals surface area contributed by atoms with Crippen LogP contribution in [0.4, 0.5) is 4.79 Å². The minimum atomic E-state index is -0.101. The standard InChI is InChI=1S/C10H16N2OS/c1-4-11-10(13)12-6-9-5-7(2)8(3)14-9/h5H,4,6H2,1-3H3,(H2,11,12,13). The first-order valence-corrected chi connectivity index (χ1v) is 5.52.